The fourth-order valence-corrected chi connectivity index (χ4v) is 2.90. The van der Waals surface area contributed by atoms with Crippen molar-refractivity contribution >= 4 is 37.9 Å². The molecule has 0 bridgehead atoms. The summed E-state index contributed by atoms with van der Waals surface area (Å²) in [5.74, 6) is 0.148. The van der Waals surface area contributed by atoms with Gasteiger partial charge < -0.3 is 11.1 Å². The molecule has 0 aliphatic rings. The minimum atomic E-state index is -0.140. The lowest BCUT2D eigenvalue weighted by Crippen LogP contribution is -2.28. The Hall–Kier alpha value is -1.89. The van der Waals surface area contributed by atoms with E-state index in [-0.39, 0.29) is 11.8 Å². The molecule has 0 radical (unpaired) electrons. The Morgan fingerprint density at radius 2 is 1.96 bits per heavy atom. The number of benzene rings is 2. The van der Waals surface area contributed by atoms with Crippen LogP contribution in [0.25, 0.3) is 0 Å². The number of nitrogen functional groups attached to an aromatic ring is 1. The highest BCUT2D eigenvalue weighted by Gasteiger charge is 2.13. The van der Waals surface area contributed by atoms with Gasteiger partial charge in [-0.15, -0.1) is 0 Å². The molecule has 2 aromatic rings. The third-order valence-corrected chi connectivity index (χ3v) is 4.41. The van der Waals surface area contributed by atoms with Crippen LogP contribution in [0.15, 0.2) is 48.5 Å². The summed E-state index contributed by atoms with van der Waals surface area (Å²) in [5, 5.41) is 10.7. The Kier molecular flexibility index (Phi) is 6.15. The van der Waals surface area contributed by atoms with E-state index in [4.69, 9.17) is 11.1 Å². The van der Waals surface area contributed by atoms with E-state index in [9.17, 15) is 4.79 Å². The van der Waals surface area contributed by atoms with E-state index < -0.39 is 0 Å². The number of rotatable bonds is 6. The first-order valence-electron chi connectivity index (χ1n) is 7.50. The minimum Gasteiger partial charge on any atom is -0.398 e. The smallest absolute Gasteiger partial charge is 0.251 e. The van der Waals surface area contributed by atoms with Crippen molar-refractivity contribution in [2.45, 2.75) is 19.3 Å². The average Bonchev–Trinajstić information content (AvgIpc) is 2.56. The van der Waals surface area contributed by atoms with Gasteiger partial charge in [0.1, 0.15) is 3.72 Å². The van der Waals surface area contributed by atoms with Crippen molar-refractivity contribution in [3.63, 3.8) is 0 Å². The zero-order valence-electron chi connectivity index (χ0n) is 13.0. The van der Waals surface area contributed by atoms with Gasteiger partial charge in [0, 0.05) is 29.3 Å². The Bertz CT molecular complexity index is 701. The minimum absolute atomic E-state index is 0.140. The van der Waals surface area contributed by atoms with Crippen molar-refractivity contribution in [3.05, 3.63) is 65.2 Å². The normalized spacial score (nSPS) is 11.7. The van der Waals surface area contributed by atoms with Crippen molar-refractivity contribution in [3.8, 4) is 0 Å². The average molecular weight is 421 g/mol. The molecule has 0 aliphatic carbocycles. The van der Waals surface area contributed by atoms with Gasteiger partial charge >= 0.3 is 0 Å². The highest BCUT2D eigenvalue weighted by atomic mass is 127. The summed E-state index contributed by atoms with van der Waals surface area (Å²) in [7, 11) is 0. The zero-order chi connectivity index (χ0) is 16.8. The first kappa shape index (κ1) is 17.5. The summed E-state index contributed by atoms with van der Waals surface area (Å²) in [6.07, 6.45) is 0.954. The number of carbonyl (C=O) groups excluding carboxylic acids is 1. The van der Waals surface area contributed by atoms with E-state index in [0.29, 0.717) is 27.1 Å². The second kappa shape index (κ2) is 8.10. The van der Waals surface area contributed by atoms with E-state index in [0.717, 1.165) is 6.42 Å². The van der Waals surface area contributed by atoms with E-state index in [1.54, 1.807) is 18.2 Å². The van der Waals surface area contributed by atoms with E-state index in [2.05, 4.69) is 24.4 Å². The molecule has 4 N–H and O–H groups in total. The van der Waals surface area contributed by atoms with Crippen molar-refractivity contribution in [2.24, 2.45) is 0 Å². The molecule has 1 unspecified atom stereocenters. The zero-order valence-corrected chi connectivity index (χ0v) is 15.1. The van der Waals surface area contributed by atoms with Crippen LogP contribution in [0.2, 0.25) is 0 Å². The maximum absolute atomic E-state index is 12.4. The van der Waals surface area contributed by atoms with Gasteiger partial charge in [0.15, 0.2) is 0 Å². The summed E-state index contributed by atoms with van der Waals surface area (Å²) in [4.78, 5) is 12.4. The Morgan fingerprint density at radius 1 is 1.26 bits per heavy atom. The molecule has 1 amide bonds. The second-order valence-electron chi connectivity index (χ2n) is 5.34. The summed E-state index contributed by atoms with van der Waals surface area (Å²) in [5.41, 5.74) is 8.69. The van der Waals surface area contributed by atoms with Gasteiger partial charge in [0.05, 0.1) is 0 Å². The largest absolute Gasteiger partial charge is 0.398 e. The van der Waals surface area contributed by atoms with Crippen molar-refractivity contribution in [1.82, 2.24) is 5.32 Å². The fourth-order valence-electron chi connectivity index (χ4n) is 2.43. The van der Waals surface area contributed by atoms with Crippen LogP contribution in [0.1, 0.15) is 40.7 Å². The summed E-state index contributed by atoms with van der Waals surface area (Å²) < 4.78 is 0.325. The first-order chi connectivity index (χ1) is 11.0. The number of hydrogen-bond acceptors (Lipinski definition) is 3. The number of nitrogens with one attached hydrogen (secondary N) is 2. The van der Waals surface area contributed by atoms with Crippen LogP contribution in [-0.2, 0) is 0 Å². The standard InChI is InChI=1S/C18H20IN3O/c1-2-12(13-6-4-3-5-7-13)11-22-18(23)14-8-9-16(20)15(10-14)17(19)21/h3-10,12,21H,2,11,20H2,1H3,(H,22,23). The summed E-state index contributed by atoms with van der Waals surface area (Å²) in [6.45, 7) is 2.70. The number of hydrogen-bond donors (Lipinski definition) is 3. The third kappa shape index (κ3) is 4.54. The van der Waals surface area contributed by atoms with Gasteiger partial charge in [-0.2, -0.15) is 0 Å². The highest BCUT2D eigenvalue weighted by Crippen LogP contribution is 2.20. The predicted molar refractivity (Wildman–Crippen MR) is 104 cm³/mol. The molecule has 0 fully saturated rings. The SMILES string of the molecule is CCC(CNC(=O)c1ccc(N)c(C(=N)I)c1)c1ccccc1. The molecular formula is C18H20IN3O. The Labute approximate surface area is 150 Å². The molecule has 0 saturated heterocycles. The monoisotopic (exact) mass is 421 g/mol. The van der Waals surface area contributed by atoms with Crippen LogP contribution in [0.4, 0.5) is 5.69 Å². The van der Waals surface area contributed by atoms with Gasteiger partial charge in [0.2, 0.25) is 0 Å². The number of carbonyl (C=O) groups is 1. The number of anilines is 1. The van der Waals surface area contributed by atoms with Crippen molar-refractivity contribution < 1.29 is 4.79 Å². The number of halogens is 1. The van der Waals surface area contributed by atoms with E-state index in [1.165, 1.54) is 5.56 Å². The molecule has 23 heavy (non-hydrogen) atoms. The summed E-state index contributed by atoms with van der Waals surface area (Å²) >= 11 is 1.89. The molecule has 2 aromatic carbocycles. The molecule has 2 rings (SSSR count). The van der Waals surface area contributed by atoms with Crippen LogP contribution < -0.4 is 11.1 Å². The molecule has 4 nitrogen and oxygen atoms in total. The van der Waals surface area contributed by atoms with Gasteiger partial charge in [-0.05, 0) is 52.8 Å². The van der Waals surface area contributed by atoms with E-state index in [1.807, 2.05) is 40.8 Å². The molecule has 0 aliphatic heterocycles. The number of nitrogens with two attached hydrogens (primary N) is 1. The van der Waals surface area contributed by atoms with Crippen LogP contribution in [0.5, 0.6) is 0 Å². The van der Waals surface area contributed by atoms with Crippen LogP contribution in [-0.4, -0.2) is 16.2 Å². The second-order valence-corrected chi connectivity index (χ2v) is 6.42. The maximum atomic E-state index is 12.4. The van der Waals surface area contributed by atoms with Gasteiger partial charge in [-0.25, -0.2) is 0 Å². The van der Waals surface area contributed by atoms with Crippen molar-refractivity contribution in [2.75, 3.05) is 12.3 Å². The molecule has 0 heterocycles. The van der Waals surface area contributed by atoms with Crippen LogP contribution >= 0.6 is 22.6 Å². The van der Waals surface area contributed by atoms with Crippen molar-refractivity contribution in [1.29, 1.82) is 5.41 Å². The van der Waals surface area contributed by atoms with Gasteiger partial charge in [0.25, 0.3) is 5.91 Å². The maximum Gasteiger partial charge on any atom is 0.251 e. The molecule has 0 spiro atoms. The highest BCUT2D eigenvalue weighted by molar-refractivity contribution is 14.1. The van der Waals surface area contributed by atoms with Gasteiger partial charge in [-0.3, -0.25) is 10.2 Å². The Balaban J connectivity index is 2.07. The Morgan fingerprint density at radius 3 is 2.57 bits per heavy atom. The quantitative estimate of drug-likeness (QED) is 0.375. The third-order valence-electron chi connectivity index (χ3n) is 3.82. The lowest BCUT2D eigenvalue weighted by Gasteiger charge is -2.16. The van der Waals surface area contributed by atoms with Crippen LogP contribution in [0.3, 0.4) is 0 Å². The number of amides is 1. The van der Waals surface area contributed by atoms with Gasteiger partial charge in [-0.1, -0.05) is 37.3 Å². The van der Waals surface area contributed by atoms with E-state index >= 15 is 0 Å². The molecule has 120 valence electrons. The fraction of sp³-hybridized carbons (Fsp3) is 0.222. The van der Waals surface area contributed by atoms with Crippen LogP contribution in [0, 0.1) is 5.41 Å². The summed E-state index contributed by atoms with van der Waals surface area (Å²) in [6, 6.07) is 15.2. The lowest BCUT2D eigenvalue weighted by atomic mass is 9.96. The molecule has 5 heteroatoms. The molecular weight excluding hydrogens is 401 g/mol. The predicted octanol–water partition coefficient (Wildman–Crippen LogP) is 3.95. The molecule has 0 saturated carbocycles. The topological polar surface area (TPSA) is 79.0 Å². The molecule has 1 atom stereocenters. The first-order valence-corrected chi connectivity index (χ1v) is 8.58. The lowest BCUT2D eigenvalue weighted by molar-refractivity contribution is 0.0951. The molecule has 0 aromatic heterocycles.